The predicted octanol–water partition coefficient (Wildman–Crippen LogP) is 2.01. The van der Waals surface area contributed by atoms with Crippen LogP contribution in [0.15, 0.2) is 18.2 Å². The van der Waals surface area contributed by atoms with Crippen LogP contribution in [-0.4, -0.2) is 15.7 Å². The van der Waals surface area contributed by atoms with E-state index >= 15 is 0 Å². The van der Waals surface area contributed by atoms with Crippen LogP contribution < -0.4 is 11.1 Å². The number of nitrogen functional groups attached to an aromatic ring is 1. The molecule has 3 N–H and O–H groups in total. The van der Waals surface area contributed by atoms with Gasteiger partial charge in [-0.2, -0.15) is 5.10 Å². The number of nitrogens with two attached hydrogens (primary N) is 1. The van der Waals surface area contributed by atoms with Gasteiger partial charge in [-0.15, -0.1) is 0 Å². The van der Waals surface area contributed by atoms with E-state index in [0.29, 0.717) is 11.4 Å². The lowest BCUT2D eigenvalue weighted by atomic mass is 10.1. The molecule has 0 saturated carbocycles. The Labute approximate surface area is 110 Å². The zero-order valence-electron chi connectivity index (χ0n) is 11.0. The summed E-state index contributed by atoms with van der Waals surface area (Å²) in [7, 11) is 1.79. The van der Waals surface area contributed by atoms with Gasteiger partial charge in [-0.25, -0.2) is 4.39 Å². The molecular weight excluding hydrogens is 247 g/mol. The molecule has 100 valence electrons. The van der Waals surface area contributed by atoms with E-state index in [1.807, 2.05) is 6.92 Å². The first-order chi connectivity index (χ1) is 8.88. The fourth-order valence-electron chi connectivity index (χ4n) is 1.88. The number of nitrogens with zero attached hydrogens (tertiary/aromatic N) is 2. The van der Waals surface area contributed by atoms with E-state index in [1.165, 1.54) is 6.07 Å². The van der Waals surface area contributed by atoms with Crippen molar-refractivity contribution >= 4 is 17.3 Å². The Bertz CT molecular complexity index is 628. The molecule has 0 aliphatic carbocycles. The molecule has 2 aromatic rings. The molecule has 1 heterocycles. The van der Waals surface area contributed by atoms with E-state index < -0.39 is 11.7 Å². The summed E-state index contributed by atoms with van der Waals surface area (Å²) < 4.78 is 14.9. The van der Waals surface area contributed by atoms with Gasteiger partial charge in [-0.1, -0.05) is 0 Å². The molecule has 0 atom stereocenters. The van der Waals surface area contributed by atoms with E-state index in [-0.39, 0.29) is 11.3 Å². The average Bonchev–Trinajstić information content (AvgIpc) is 2.54. The summed E-state index contributed by atoms with van der Waals surface area (Å²) in [5.41, 5.74) is 8.08. The molecule has 0 saturated heterocycles. The van der Waals surface area contributed by atoms with Crippen molar-refractivity contribution in [2.75, 3.05) is 11.1 Å². The number of carbonyl (C=O) groups excluding carboxylic acids is 1. The van der Waals surface area contributed by atoms with Crippen molar-refractivity contribution in [3.63, 3.8) is 0 Å². The van der Waals surface area contributed by atoms with Crippen LogP contribution in [0.5, 0.6) is 0 Å². The van der Waals surface area contributed by atoms with Gasteiger partial charge in [0.25, 0.3) is 5.91 Å². The van der Waals surface area contributed by atoms with E-state index in [9.17, 15) is 9.18 Å². The first-order valence-corrected chi connectivity index (χ1v) is 5.76. The highest BCUT2D eigenvalue weighted by atomic mass is 19.1. The van der Waals surface area contributed by atoms with Crippen molar-refractivity contribution in [2.24, 2.45) is 7.05 Å². The molecule has 6 heteroatoms. The number of halogens is 1. The molecule has 0 aliphatic rings. The minimum Gasteiger partial charge on any atom is -0.399 e. The van der Waals surface area contributed by atoms with Crippen LogP contribution in [0.25, 0.3) is 0 Å². The molecule has 0 fully saturated rings. The molecule has 0 unspecified atom stereocenters. The van der Waals surface area contributed by atoms with Crippen LogP contribution >= 0.6 is 0 Å². The Hall–Kier alpha value is -2.37. The summed E-state index contributed by atoms with van der Waals surface area (Å²) >= 11 is 0. The minimum absolute atomic E-state index is 0.181. The number of hydrogen-bond donors (Lipinski definition) is 2. The SMILES string of the molecule is Cc1nn(C)c(C)c1NC(=O)c1cc(N)cc(F)c1. The van der Waals surface area contributed by atoms with E-state index in [4.69, 9.17) is 5.73 Å². The molecule has 0 spiro atoms. The number of rotatable bonds is 2. The largest absolute Gasteiger partial charge is 0.399 e. The van der Waals surface area contributed by atoms with E-state index in [2.05, 4.69) is 10.4 Å². The maximum Gasteiger partial charge on any atom is 0.255 e. The minimum atomic E-state index is -0.537. The summed E-state index contributed by atoms with van der Waals surface area (Å²) in [5, 5.41) is 6.92. The van der Waals surface area contributed by atoms with Crippen molar-refractivity contribution in [3.05, 3.63) is 41.0 Å². The summed E-state index contributed by atoms with van der Waals surface area (Å²) in [5.74, 6) is -0.949. The number of anilines is 2. The lowest BCUT2D eigenvalue weighted by Gasteiger charge is -2.06. The second kappa shape index (κ2) is 4.72. The quantitative estimate of drug-likeness (QED) is 0.813. The van der Waals surface area contributed by atoms with E-state index in [0.717, 1.165) is 17.8 Å². The van der Waals surface area contributed by atoms with Crippen LogP contribution in [0, 0.1) is 19.7 Å². The Kier molecular flexibility index (Phi) is 3.25. The maximum absolute atomic E-state index is 13.2. The number of benzene rings is 1. The number of amides is 1. The summed E-state index contributed by atoms with van der Waals surface area (Å²) in [6.07, 6.45) is 0. The smallest absolute Gasteiger partial charge is 0.255 e. The third-order valence-corrected chi connectivity index (χ3v) is 2.93. The van der Waals surface area contributed by atoms with E-state index in [1.54, 1.807) is 18.7 Å². The Morgan fingerprint density at radius 3 is 2.58 bits per heavy atom. The lowest BCUT2D eigenvalue weighted by molar-refractivity contribution is 0.102. The first kappa shape index (κ1) is 13.1. The van der Waals surface area contributed by atoms with Gasteiger partial charge in [-0.05, 0) is 32.0 Å². The molecule has 0 radical (unpaired) electrons. The maximum atomic E-state index is 13.2. The van der Waals surface area contributed by atoms with Crippen molar-refractivity contribution in [1.29, 1.82) is 0 Å². The van der Waals surface area contributed by atoms with Crippen LogP contribution in [0.1, 0.15) is 21.7 Å². The number of aromatic nitrogens is 2. The van der Waals surface area contributed by atoms with Gasteiger partial charge in [-0.3, -0.25) is 9.48 Å². The topological polar surface area (TPSA) is 72.9 Å². The van der Waals surface area contributed by atoms with Gasteiger partial charge in [0, 0.05) is 18.3 Å². The Morgan fingerprint density at radius 1 is 1.37 bits per heavy atom. The zero-order chi connectivity index (χ0) is 14.2. The Morgan fingerprint density at radius 2 is 2.05 bits per heavy atom. The van der Waals surface area contributed by atoms with Gasteiger partial charge in [0.1, 0.15) is 5.82 Å². The second-order valence-corrected chi connectivity index (χ2v) is 4.40. The van der Waals surface area contributed by atoms with Crippen LogP contribution in [-0.2, 0) is 7.05 Å². The van der Waals surface area contributed by atoms with Crippen molar-refractivity contribution in [1.82, 2.24) is 9.78 Å². The van der Waals surface area contributed by atoms with Crippen molar-refractivity contribution < 1.29 is 9.18 Å². The number of aryl methyl sites for hydroxylation is 2. The van der Waals surface area contributed by atoms with Crippen molar-refractivity contribution in [3.8, 4) is 0 Å². The van der Waals surface area contributed by atoms with Crippen LogP contribution in [0.2, 0.25) is 0 Å². The second-order valence-electron chi connectivity index (χ2n) is 4.40. The normalized spacial score (nSPS) is 10.5. The number of carbonyl (C=O) groups is 1. The monoisotopic (exact) mass is 262 g/mol. The molecule has 0 bridgehead atoms. The summed E-state index contributed by atoms with van der Waals surface area (Å²) in [4.78, 5) is 12.1. The molecule has 0 aliphatic heterocycles. The fraction of sp³-hybridized carbons (Fsp3) is 0.231. The summed E-state index contributed by atoms with van der Waals surface area (Å²) in [6.45, 7) is 3.64. The third-order valence-electron chi connectivity index (χ3n) is 2.93. The average molecular weight is 262 g/mol. The molecule has 1 aromatic carbocycles. The highest BCUT2D eigenvalue weighted by Crippen LogP contribution is 2.20. The molecule has 2 rings (SSSR count). The summed E-state index contributed by atoms with van der Waals surface area (Å²) in [6, 6.07) is 3.74. The van der Waals surface area contributed by atoms with Gasteiger partial charge in [0.15, 0.2) is 0 Å². The predicted molar refractivity (Wildman–Crippen MR) is 71.4 cm³/mol. The van der Waals surface area contributed by atoms with Gasteiger partial charge >= 0.3 is 0 Å². The first-order valence-electron chi connectivity index (χ1n) is 5.76. The zero-order valence-corrected chi connectivity index (χ0v) is 11.0. The number of hydrogen-bond acceptors (Lipinski definition) is 3. The fourth-order valence-corrected chi connectivity index (χ4v) is 1.88. The lowest BCUT2D eigenvalue weighted by Crippen LogP contribution is -2.13. The van der Waals surface area contributed by atoms with Gasteiger partial charge in [0.05, 0.1) is 17.1 Å². The third kappa shape index (κ3) is 2.57. The molecule has 19 heavy (non-hydrogen) atoms. The highest BCUT2D eigenvalue weighted by molar-refractivity contribution is 6.05. The van der Waals surface area contributed by atoms with Gasteiger partial charge < -0.3 is 11.1 Å². The molecule has 5 nitrogen and oxygen atoms in total. The van der Waals surface area contributed by atoms with Crippen molar-refractivity contribution in [2.45, 2.75) is 13.8 Å². The van der Waals surface area contributed by atoms with Gasteiger partial charge in [0.2, 0.25) is 0 Å². The number of nitrogens with one attached hydrogen (secondary N) is 1. The van der Waals surface area contributed by atoms with Crippen LogP contribution in [0.4, 0.5) is 15.8 Å². The molecule has 1 amide bonds. The highest BCUT2D eigenvalue weighted by Gasteiger charge is 2.14. The molecular formula is C13H15FN4O. The Balaban J connectivity index is 2.30. The standard InChI is InChI=1S/C13H15FN4O/c1-7-12(8(2)18(3)17-7)16-13(19)9-4-10(14)6-11(15)5-9/h4-6H,15H2,1-3H3,(H,16,19). The van der Waals surface area contributed by atoms with Crippen LogP contribution in [0.3, 0.4) is 0 Å². The molecule has 1 aromatic heterocycles.